The first-order valence-electron chi connectivity index (χ1n) is 13.8. The van der Waals surface area contributed by atoms with Crippen LogP contribution in [-0.2, 0) is 6.42 Å². The number of hydrogen-bond donors (Lipinski definition) is 0. The molecule has 2 heteroatoms. The van der Waals surface area contributed by atoms with Crippen molar-refractivity contribution in [1.82, 2.24) is 0 Å². The van der Waals surface area contributed by atoms with E-state index in [0.717, 1.165) is 29.7 Å². The van der Waals surface area contributed by atoms with Gasteiger partial charge in [-0.2, -0.15) is 0 Å². The van der Waals surface area contributed by atoms with Gasteiger partial charge in [0.1, 0.15) is 0 Å². The molecule has 2 saturated carbocycles. The van der Waals surface area contributed by atoms with E-state index >= 15 is 0 Å². The van der Waals surface area contributed by atoms with Gasteiger partial charge in [0.15, 0.2) is 11.6 Å². The molecule has 2 aliphatic rings. The lowest BCUT2D eigenvalue weighted by Gasteiger charge is -2.29. The van der Waals surface area contributed by atoms with E-state index < -0.39 is 11.6 Å². The fourth-order valence-electron chi connectivity index (χ4n) is 6.25. The molecule has 34 heavy (non-hydrogen) atoms. The highest BCUT2D eigenvalue weighted by Crippen LogP contribution is 2.38. The van der Waals surface area contributed by atoms with Crippen molar-refractivity contribution < 1.29 is 8.78 Å². The Hall–Kier alpha value is -1.96. The fraction of sp³-hybridized carbons (Fsp3) is 0.562. The minimum atomic E-state index is -0.718. The average Bonchev–Trinajstić information content (AvgIpc) is 2.87. The molecule has 0 bridgehead atoms. The van der Waals surface area contributed by atoms with E-state index in [4.69, 9.17) is 0 Å². The maximum atomic E-state index is 14.6. The summed E-state index contributed by atoms with van der Waals surface area (Å²) < 4.78 is 29.0. The van der Waals surface area contributed by atoms with Gasteiger partial charge in [0.25, 0.3) is 0 Å². The molecule has 2 fully saturated rings. The summed E-state index contributed by atoms with van der Waals surface area (Å²) in [6.45, 7) is 4.29. The molecule has 0 heterocycles. The maximum absolute atomic E-state index is 14.6. The number of allylic oxidation sites excluding steroid dienone is 2. The van der Waals surface area contributed by atoms with Crippen LogP contribution in [0.3, 0.4) is 0 Å². The third-order valence-corrected chi connectivity index (χ3v) is 8.39. The van der Waals surface area contributed by atoms with E-state index in [1.165, 1.54) is 69.8 Å². The number of aryl methyl sites for hydroxylation is 1. The van der Waals surface area contributed by atoms with Crippen LogP contribution in [0.15, 0.2) is 48.6 Å². The summed E-state index contributed by atoms with van der Waals surface area (Å²) in [6, 6.07) is 11.6. The van der Waals surface area contributed by atoms with Crippen LogP contribution in [-0.4, -0.2) is 0 Å². The lowest BCUT2D eigenvalue weighted by Crippen LogP contribution is -2.14. The Morgan fingerprint density at radius 2 is 1.32 bits per heavy atom. The minimum Gasteiger partial charge on any atom is -0.203 e. The zero-order valence-corrected chi connectivity index (χ0v) is 21.2. The van der Waals surface area contributed by atoms with Gasteiger partial charge in [-0.25, -0.2) is 8.78 Å². The van der Waals surface area contributed by atoms with Crippen LogP contribution in [0.25, 0.3) is 11.1 Å². The van der Waals surface area contributed by atoms with Gasteiger partial charge in [0, 0.05) is 5.56 Å². The van der Waals surface area contributed by atoms with E-state index in [2.05, 4.69) is 31.2 Å². The van der Waals surface area contributed by atoms with E-state index in [9.17, 15) is 8.78 Å². The highest BCUT2D eigenvalue weighted by molar-refractivity contribution is 5.65. The molecule has 0 aliphatic heterocycles. The number of rotatable bonds is 8. The monoisotopic (exact) mass is 464 g/mol. The van der Waals surface area contributed by atoms with Crippen molar-refractivity contribution in [3.8, 4) is 11.1 Å². The Labute approximate surface area is 205 Å². The Balaban J connectivity index is 1.29. The summed E-state index contributed by atoms with van der Waals surface area (Å²) >= 11 is 0. The van der Waals surface area contributed by atoms with E-state index in [-0.39, 0.29) is 0 Å². The molecular weight excluding hydrogens is 422 g/mol. The molecule has 184 valence electrons. The molecule has 2 aromatic carbocycles. The van der Waals surface area contributed by atoms with Crippen LogP contribution in [0, 0.1) is 29.4 Å². The highest BCUT2D eigenvalue weighted by atomic mass is 19.2. The summed E-state index contributed by atoms with van der Waals surface area (Å²) in [7, 11) is 0. The zero-order valence-electron chi connectivity index (χ0n) is 21.2. The van der Waals surface area contributed by atoms with Crippen molar-refractivity contribution in [1.29, 1.82) is 0 Å². The van der Waals surface area contributed by atoms with Gasteiger partial charge in [-0.1, -0.05) is 81.7 Å². The van der Waals surface area contributed by atoms with Crippen molar-refractivity contribution in [2.75, 3.05) is 0 Å². The minimum absolute atomic E-state index is 0.362. The Morgan fingerprint density at radius 3 is 1.91 bits per heavy atom. The molecule has 0 saturated heterocycles. The van der Waals surface area contributed by atoms with Gasteiger partial charge < -0.3 is 0 Å². The Morgan fingerprint density at radius 1 is 0.706 bits per heavy atom. The summed E-state index contributed by atoms with van der Waals surface area (Å²) in [5.41, 5.74) is 2.93. The van der Waals surface area contributed by atoms with Gasteiger partial charge in [-0.15, -0.1) is 0 Å². The van der Waals surface area contributed by atoms with E-state index in [0.29, 0.717) is 23.5 Å². The predicted octanol–water partition coefficient (Wildman–Crippen LogP) is 10.0. The van der Waals surface area contributed by atoms with Crippen LogP contribution in [0.2, 0.25) is 0 Å². The molecule has 4 rings (SSSR count). The van der Waals surface area contributed by atoms with Crippen molar-refractivity contribution in [3.63, 3.8) is 0 Å². The van der Waals surface area contributed by atoms with Crippen molar-refractivity contribution in [2.45, 2.75) is 96.8 Å². The first-order valence-corrected chi connectivity index (χ1v) is 13.8. The topological polar surface area (TPSA) is 0 Å². The van der Waals surface area contributed by atoms with Gasteiger partial charge in [0.2, 0.25) is 0 Å². The second-order valence-electron chi connectivity index (χ2n) is 10.8. The van der Waals surface area contributed by atoms with Crippen LogP contribution in [0.4, 0.5) is 8.78 Å². The maximum Gasteiger partial charge on any atom is 0.166 e. The van der Waals surface area contributed by atoms with Crippen LogP contribution < -0.4 is 0 Å². The third-order valence-electron chi connectivity index (χ3n) is 8.39. The van der Waals surface area contributed by atoms with Gasteiger partial charge >= 0.3 is 0 Å². The van der Waals surface area contributed by atoms with E-state index in [1.54, 1.807) is 12.1 Å². The summed E-state index contributed by atoms with van der Waals surface area (Å²) in [5, 5.41) is 0. The molecule has 0 aromatic heterocycles. The SMILES string of the molecule is CCCc1ccc(-c2ccc(C3CCC(/C=C/C4CCC(CCC)CC4)CC3)cc2)c(F)c1F. The van der Waals surface area contributed by atoms with Crippen molar-refractivity contribution in [2.24, 2.45) is 17.8 Å². The predicted molar refractivity (Wildman–Crippen MR) is 140 cm³/mol. The second-order valence-corrected chi connectivity index (χ2v) is 10.8. The molecule has 2 aliphatic carbocycles. The Kier molecular flexibility index (Phi) is 8.98. The second kappa shape index (κ2) is 12.1. The lowest BCUT2D eigenvalue weighted by molar-refractivity contribution is 0.292. The molecule has 2 aromatic rings. The molecule has 0 N–H and O–H groups in total. The first-order chi connectivity index (χ1) is 16.6. The molecular formula is C32H42F2. The first kappa shape index (κ1) is 25.1. The summed E-state index contributed by atoms with van der Waals surface area (Å²) in [5.74, 6) is 1.68. The standard InChI is InChI=1S/C32H42F2/c1-3-5-23-7-9-24(10-8-23)11-12-25-13-15-26(16-14-25)27-17-19-28(20-18-27)30-22-21-29(6-4-2)31(33)32(30)34/h11-12,17-26H,3-10,13-16H2,1-2H3/b12-11+. The Bertz CT molecular complexity index is 926. The van der Waals surface area contributed by atoms with Gasteiger partial charge in [0.05, 0.1) is 0 Å². The molecule has 0 unspecified atom stereocenters. The summed E-state index contributed by atoms with van der Waals surface area (Å²) in [4.78, 5) is 0. The normalized spacial score (nSPS) is 25.6. The number of hydrogen-bond acceptors (Lipinski definition) is 0. The summed E-state index contributed by atoms with van der Waals surface area (Å²) in [6.07, 6.45) is 19.8. The van der Waals surface area contributed by atoms with Crippen LogP contribution >= 0.6 is 0 Å². The average molecular weight is 465 g/mol. The van der Waals surface area contributed by atoms with Gasteiger partial charge in [-0.05, 0) is 98.1 Å². The quantitative estimate of drug-likeness (QED) is 0.341. The molecule has 0 radical (unpaired) electrons. The van der Waals surface area contributed by atoms with Crippen LogP contribution in [0.5, 0.6) is 0 Å². The van der Waals surface area contributed by atoms with Crippen molar-refractivity contribution in [3.05, 3.63) is 71.3 Å². The molecule has 0 amide bonds. The zero-order chi connectivity index (χ0) is 23.9. The van der Waals surface area contributed by atoms with Crippen LogP contribution in [0.1, 0.15) is 102 Å². The largest absolute Gasteiger partial charge is 0.203 e. The smallest absolute Gasteiger partial charge is 0.166 e. The number of halogens is 2. The van der Waals surface area contributed by atoms with Crippen molar-refractivity contribution >= 4 is 0 Å². The molecule has 0 spiro atoms. The van der Waals surface area contributed by atoms with E-state index in [1.807, 2.05) is 19.1 Å². The number of benzene rings is 2. The van der Waals surface area contributed by atoms with Gasteiger partial charge in [-0.3, -0.25) is 0 Å². The highest BCUT2D eigenvalue weighted by Gasteiger charge is 2.23. The fourth-order valence-corrected chi connectivity index (χ4v) is 6.25. The third kappa shape index (κ3) is 6.18. The molecule has 0 atom stereocenters. The molecule has 0 nitrogen and oxygen atoms in total. The lowest BCUT2D eigenvalue weighted by atomic mass is 9.77.